The Labute approximate surface area is 163 Å². The normalized spacial score (nSPS) is 10.2. The SMILES string of the molecule is COc1ccc(CNC(=O)c2cnc(NCc3cccnc3)cn2)cc1OC. The first-order valence-corrected chi connectivity index (χ1v) is 8.63. The zero-order chi connectivity index (χ0) is 19.8. The van der Waals surface area contributed by atoms with Crippen LogP contribution in [0, 0.1) is 0 Å². The Kier molecular flexibility index (Phi) is 6.35. The fourth-order valence-corrected chi connectivity index (χ4v) is 2.50. The first-order chi connectivity index (χ1) is 13.7. The van der Waals surface area contributed by atoms with Crippen LogP contribution in [0.2, 0.25) is 0 Å². The number of benzene rings is 1. The minimum atomic E-state index is -0.305. The number of hydrogen-bond acceptors (Lipinski definition) is 7. The Balaban J connectivity index is 1.54. The van der Waals surface area contributed by atoms with E-state index >= 15 is 0 Å². The molecule has 0 bridgehead atoms. The van der Waals surface area contributed by atoms with Gasteiger partial charge >= 0.3 is 0 Å². The van der Waals surface area contributed by atoms with E-state index in [1.54, 1.807) is 32.7 Å². The molecule has 8 nitrogen and oxygen atoms in total. The van der Waals surface area contributed by atoms with E-state index in [2.05, 4.69) is 25.6 Å². The standard InChI is InChI=1S/C20H21N5O3/c1-27-17-6-5-14(8-18(17)28-2)10-25-20(26)16-12-24-19(13-22-16)23-11-15-4-3-7-21-9-15/h3-9,12-13H,10-11H2,1-2H3,(H,23,24)(H,25,26). The molecule has 0 spiro atoms. The summed E-state index contributed by atoms with van der Waals surface area (Å²) in [5.74, 6) is 1.53. The number of anilines is 1. The zero-order valence-electron chi connectivity index (χ0n) is 15.7. The van der Waals surface area contributed by atoms with E-state index < -0.39 is 0 Å². The quantitative estimate of drug-likeness (QED) is 0.620. The molecule has 0 saturated carbocycles. The van der Waals surface area contributed by atoms with Crippen molar-refractivity contribution in [2.24, 2.45) is 0 Å². The Morgan fingerprint density at radius 3 is 2.50 bits per heavy atom. The number of ether oxygens (including phenoxy) is 2. The fraction of sp³-hybridized carbons (Fsp3) is 0.200. The number of pyridine rings is 1. The molecule has 3 rings (SSSR count). The molecule has 2 heterocycles. The first kappa shape index (κ1) is 19.1. The van der Waals surface area contributed by atoms with Gasteiger partial charge in [0.2, 0.25) is 0 Å². The third-order valence-electron chi connectivity index (χ3n) is 3.98. The van der Waals surface area contributed by atoms with Gasteiger partial charge in [-0.25, -0.2) is 9.97 Å². The van der Waals surface area contributed by atoms with Crippen LogP contribution >= 0.6 is 0 Å². The summed E-state index contributed by atoms with van der Waals surface area (Å²) >= 11 is 0. The Morgan fingerprint density at radius 2 is 1.82 bits per heavy atom. The maximum Gasteiger partial charge on any atom is 0.271 e. The lowest BCUT2D eigenvalue weighted by Gasteiger charge is -2.10. The van der Waals surface area contributed by atoms with Crippen molar-refractivity contribution in [2.45, 2.75) is 13.1 Å². The van der Waals surface area contributed by atoms with Crippen molar-refractivity contribution < 1.29 is 14.3 Å². The van der Waals surface area contributed by atoms with Crippen molar-refractivity contribution >= 4 is 11.7 Å². The van der Waals surface area contributed by atoms with Crippen molar-refractivity contribution in [1.82, 2.24) is 20.3 Å². The maximum absolute atomic E-state index is 12.3. The molecule has 3 aromatic rings. The predicted molar refractivity (Wildman–Crippen MR) is 104 cm³/mol. The summed E-state index contributed by atoms with van der Waals surface area (Å²) in [6.45, 7) is 0.912. The lowest BCUT2D eigenvalue weighted by molar-refractivity contribution is 0.0945. The average molecular weight is 379 g/mol. The number of hydrogen-bond donors (Lipinski definition) is 2. The van der Waals surface area contributed by atoms with Crippen LogP contribution in [-0.4, -0.2) is 35.1 Å². The van der Waals surface area contributed by atoms with Crippen LogP contribution in [0.3, 0.4) is 0 Å². The summed E-state index contributed by atoms with van der Waals surface area (Å²) in [6.07, 6.45) is 6.46. The molecule has 2 aromatic heterocycles. The van der Waals surface area contributed by atoms with Gasteiger partial charge < -0.3 is 20.1 Å². The van der Waals surface area contributed by atoms with E-state index in [1.165, 1.54) is 12.4 Å². The number of nitrogens with zero attached hydrogens (tertiary/aromatic N) is 3. The summed E-state index contributed by atoms with van der Waals surface area (Å²) in [7, 11) is 3.15. The summed E-state index contributed by atoms with van der Waals surface area (Å²) in [5.41, 5.74) is 2.15. The van der Waals surface area contributed by atoms with Gasteiger partial charge in [0, 0.05) is 25.5 Å². The molecule has 1 aromatic carbocycles. The minimum Gasteiger partial charge on any atom is -0.493 e. The van der Waals surface area contributed by atoms with Crippen molar-refractivity contribution in [3.8, 4) is 11.5 Å². The van der Waals surface area contributed by atoms with Gasteiger partial charge in [-0.1, -0.05) is 12.1 Å². The highest BCUT2D eigenvalue weighted by atomic mass is 16.5. The van der Waals surface area contributed by atoms with Crippen molar-refractivity contribution in [3.05, 3.63) is 71.9 Å². The van der Waals surface area contributed by atoms with Gasteiger partial charge in [0.25, 0.3) is 5.91 Å². The topological polar surface area (TPSA) is 98.3 Å². The molecule has 0 atom stereocenters. The molecule has 0 saturated heterocycles. The third-order valence-corrected chi connectivity index (χ3v) is 3.98. The van der Waals surface area contributed by atoms with Crippen LogP contribution in [0.5, 0.6) is 11.5 Å². The van der Waals surface area contributed by atoms with Crippen LogP contribution in [0.15, 0.2) is 55.1 Å². The van der Waals surface area contributed by atoms with E-state index in [9.17, 15) is 4.79 Å². The Hall–Kier alpha value is -3.68. The average Bonchev–Trinajstić information content (AvgIpc) is 2.76. The van der Waals surface area contributed by atoms with E-state index in [0.29, 0.717) is 30.4 Å². The molecular formula is C20H21N5O3. The molecule has 1 amide bonds. The molecule has 144 valence electrons. The largest absolute Gasteiger partial charge is 0.493 e. The van der Waals surface area contributed by atoms with E-state index in [-0.39, 0.29) is 11.6 Å². The van der Waals surface area contributed by atoms with Gasteiger partial charge in [0.15, 0.2) is 11.5 Å². The fourth-order valence-electron chi connectivity index (χ4n) is 2.50. The van der Waals surface area contributed by atoms with Crippen LogP contribution in [0.4, 0.5) is 5.82 Å². The summed E-state index contributed by atoms with van der Waals surface area (Å²) in [6, 6.07) is 9.30. The molecular weight excluding hydrogens is 358 g/mol. The number of methoxy groups -OCH3 is 2. The number of nitrogens with one attached hydrogen (secondary N) is 2. The van der Waals surface area contributed by atoms with Crippen LogP contribution in [0.25, 0.3) is 0 Å². The molecule has 0 aliphatic rings. The smallest absolute Gasteiger partial charge is 0.271 e. The summed E-state index contributed by atoms with van der Waals surface area (Å²) in [5, 5.41) is 5.95. The first-order valence-electron chi connectivity index (χ1n) is 8.63. The number of aromatic nitrogens is 3. The second-order valence-electron chi connectivity index (χ2n) is 5.87. The number of carbonyl (C=O) groups is 1. The third kappa shape index (κ3) is 4.94. The van der Waals surface area contributed by atoms with Gasteiger partial charge in [0.1, 0.15) is 11.5 Å². The summed E-state index contributed by atoms with van der Waals surface area (Å²) in [4.78, 5) is 24.7. The highest BCUT2D eigenvalue weighted by Crippen LogP contribution is 2.27. The zero-order valence-corrected chi connectivity index (χ0v) is 15.7. The monoisotopic (exact) mass is 379 g/mol. The van der Waals surface area contributed by atoms with E-state index in [0.717, 1.165) is 11.1 Å². The Bertz CT molecular complexity index is 917. The van der Waals surface area contributed by atoms with Crippen LogP contribution in [-0.2, 0) is 13.1 Å². The van der Waals surface area contributed by atoms with Gasteiger partial charge in [-0.2, -0.15) is 0 Å². The van der Waals surface area contributed by atoms with Crippen LogP contribution < -0.4 is 20.1 Å². The highest BCUT2D eigenvalue weighted by molar-refractivity contribution is 5.91. The van der Waals surface area contributed by atoms with Crippen molar-refractivity contribution in [1.29, 1.82) is 0 Å². The van der Waals surface area contributed by atoms with Crippen molar-refractivity contribution in [3.63, 3.8) is 0 Å². The van der Waals surface area contributed by atoms with E-state index in [1.807, 2.05) is 24.3 Å². The second kappa shape index (κ2) is 9.31. The van der Waals surface area contributed by atoms with Gasteiger partial charge in [0.05, 0.1) is 26.6 Å². The second-order valence-corrected chi connectivity index (χ2v) is 5.87. The van der Waals surface area contributed by atoms with Crippen LogP contribution in [0.1, 0.15) is 21.6 Å². The number of carbonyl (C=O) groups excluding carboxylic acids is 1. The molecule has 0 unspecified atom stereocenters. The maximum atomic E-state index is 12.3. The lowest BCUT2D eigenvalue weighted by atomic mass is 10.2. The predicted octanol–water partition coefficient (Wildman–Crippen LogP) is 2.43. The molecule has 8 heteroatoms. The lowest BCUT2D eigenvalue weighted by Crippen LogP contribution is -2.24. The molecule has 2 N–H and O–H groups in total. The highest BCUT2D eigenvalue weighted by Gasteiger charge is 2.09. The van der Waals surface area contributed by atoms with Crippen molar-refractivity contribution in [2.75, 3.05) is 19.5 Å². The van der Waals surface area contributed by atoms with Gasteiger partial charge in [-0.3, -0.25) is 9.78 Å². The van der Waals surface area contributed by atoms with Gasteiger partial charge in [-0.05, 0) is 29.3 Å². The number of rotatable bonds is 8. The number of amides is 1. The van der Waals surface area contributed by atoms with E-state index in [4.69, 9.17) is 9.47 Å². The minimum absolute atomic E-state index is 0.243. The molecule has 0 aliphatic heterocycles. The summed E-state index contributed by atoms with van der Waals surface area (Å²) < 4.78 is 10.5. The molecule has 0 fully saturated rings. The van der Waals surface area contributed by atoms with Gasteiger partial charge in [-0.15, -0.1) is 0 Å². The molecule has 0 aliphatic carbocycles. The molecule has 28 heavy (non-hydrogen) atoms. The molecule has 0 radical (unpaired) electrons. The Morgan fingerprint density at radius 1 is 0.964 bits per heavy atom.